The molecule has 37 heavy (non-hydrogen) atoms. The fraction of sp³-hybridized carbons (Fsp3) is 0.393. The molecule has 0 spiro atoms. The number of aliphatic hydroxyl groups excluding tert-OH is 1. The predicted octanol–water partition coefficient (Wildman–Crippen LogP) is 4.99. The summed E-state index contributed by atoms with van der Waals surface area (Å²) in [5.41, 5.74) is 2.90. The first-order valence-corrected chi connectivity index (χ1v) is 13.1. The number of amides is 2. The largest absolute Gasteiger partial charge is 0.465 e. The summed E-state index contributed by atoms with van der Waals surface area (Å²) in [6, 6.07) is 17.8. The molecule has 0 saturated carbocycles. The van der Waals surface area contributed by atoms with Crippen molar-refractivity contribution in [1.82, 2.24) is 15.6 Å². The Morgan fingerprint density at radius 2 is 1.65 bits per heavy atom. The first-order valence-electron chi connectivity index (χ1n) is 12.2. The van der Waals surface area contributed by atoms with E-state index in [1.165, 1.54) is 11.3 Å². The number of carboxylic acid groups (broad SMARTS) is 1. The molecule has 2 amide bonds. The minimum absolute atomic E-state index is 0.0910. The number of hydrogen-bond donors (Lipinski definition) is 4. The van der Waals surface area contributed by atoms with E-state index in [4.69, 9.17) is 4.74 Å². The van der Waals surface area contributed by atoms with Gasteiger partial charge in [0.2, 0.25) is 0 Å². The van der Waals surface area contributed by atoms with Crippen LogP contribution in [0.2, 0.25) is 0 Å². The van der Waals surface area contributed by atoms with Gasteiger partial charge in [0.05, 0.1) is 17.7 Å². The maximum absolute atomic E-state index is 12.9. The van der Waals surface area contributed by atoms with Crippen molar-refractivity contribution in [2.45, 2.75) is 69.7 Å². The highest BCUT2D eigenvalue weighted by Gasteiger charge is 2.34. The molecule has 0 aliphatic rings. The van der Waals surface area contributed by atoms with Crippen molar-refractivity contribution in [3.63, 3.8) is 0 Å². The first-order chi connectivity index (χ1) is 17.6. The standard InChI is InChI=1S/C28H35N3O5S/c1-28(2,3)36-27(35)31-25(23(16-22-17-29-18-37-22)20-12-8-5-9-13-20)24(32)15-21(30-26(33)34)14-19-10-6-4-7-11-19/h4-13,17-18,21,23-25,30,32H,14-16H2,1-3H3,(H,31,35)(H,33,34)/t21-,23+,24-,25-/m0/s1. The Kier molecular flexibility index (Phi) is 10.0. The van der Waals surface area contributed by atoms with Gasteiger partial charge in [0.15, 0.2) is 0 Å². The van der Waals surface area contributed by atoms with E-state index in [9.17, 15) is 19.8 Å². The lowest BCUT2D eigenvalue weighted by Crippen LogP contribution is -2.51. The normalized spacial score (nSPS) is 14.7. The zero-order chi connectivity index (χ0) is 26.8. The third-order valence-electron chi connectivity index (χ3n) is 5.84. The third kappa shape index (κ3) is 9.51. The van der Waals surface area contributed by atoms with Crippen LogP contribution in [0.5, 0.6) is 0 Å². The SMILES string of the molecule is CC(C)(C)OC(=O)N[C@@H]([C@H](Cc1cncs1)c1ccccc1)[C@@H](O)C[C@H](Cc1ccccc1)NC(=O)O. The smallest absolute Gasteiger partial charge is 0.407 e. The van der Waals surface area contributed by atoms with Crippen LogP contribution in [-0.4, -0.2) is 51.2 Å². The maximum Gasteiger partial charge on any atom is 0.407 e. The van der Waals surface area contributed by atoms with Crippen molar-refractivity contribution in [2.75, 3.05) is 0 Å². The molecule has 9 heteroatoms. The molecule has 8 nitrogen and oxygen atoms in total. The van der Waals surface area contributed by atoms with E-state index < -0.39 is 36.0 Å². The van der Waals surface area contributed by atoms with E-state index in [1.54, 1.807) is 32.5 Å². The fourth-order valence-corrected chi connectivity index (χ4v) is 4.98. The van der Waals surface area contributed by atoms with Crippen molar-refractivity contribution in [3.05, 3.63) is 88.4 Å². The van der Waals surface area contributed by atoms with Crippen molar-refractivity contribution in [3.8, 4) is 0 Å². The summed E-state index contributed by atoms with van der Waals surface area (Å²) in [6.45, 7) is 5.32. The van der Waals surface area contributed by atoms with Gasteiger partial charge >= 0.3 is 12.2 Å². The molecule has 0 saturated heterocycles. The van der Waals surface area contributed by atoms with Crippen LogP contribution in [0.25, 0.3) is 0 Å². The van der Waals surface area contributed by atoms with Gasteiger partial charge in [-0.1, -0.05) is 60.7 Å². The molecular weight excluding hydrogens is 490 g/mol. The Balaban J connectivity index is 1.92. The zero-order valence-corrected chi connectivity index (χ0v) is 22.2. The van der Waals surface area contributed by atoms with Gasteiger partial charge in [-0.3, -0.25) is 4.98 Å². The summed E-state index contributed by atoms with van der Waals surface area (Å²) in [4.78, 5) is 29.6. The van der Waals surface area contributed by atoms with Gasteiger partial charge in [-0.2, -0.15) is 0 Å². The summed E-state index contributed by atoms with van der Waals surface area (Å²) in [6.07, 6.45) is -0.0984. The summed E-state index contributed by atoms with van der Waals surface area (Å²) in [7, 11) is 0. The number of nitrogens with one attached hydrogen (secondary N) is 2. The molecule has 3 rings (SSSR count). The third-order valence-corrected chi connectivity index (χ3v) is 6.64. The van der Waals surface area contributed by atoms with Crippen LogP contribution in [0, 0.1) is 0 Å². The highest BCUT2D eigenvalue weighted by atomic mass is 32.1. The Hall–Kier alpha value is -3.43. The molecule has 0 aliphatic heterocycles. The van der Waals surface area contributed by atoms with Gasteiger partial charge in [0, 0.05) is 23.0 Å². The number of alkyl carbamates (subject to hydrolysis) is 1. The number of hydrogen-bond acceptors (Lipinski definition) is 6. The van der Waals surface area contributed by atoms with E-state index in [0.29, 0.717) is 12.8 Å². The molecule has 4 atom stereocenters. The summed E-state index contributed by atoms with van der Waals surface area (Å²) < 4.78 is 5.52. The number of aromatic nitrogens is 1. The van der Waals surface area contributed by atoms with Gasteiger partial charge in [-0.05, 0) is 51.2 Å². The molecule has 1 aromatic heterocycles. The Morgan fingerprint density at radius 3 is 2.22 bits per heavy atom. The molecule has 0 bridgehead atoms. The van der Waals surface area contributed by atoms with Crippen molar-refractivity contribution in [1.29, 1.82) is 0 Å². The van der Waals surface area contributed by atoms with Crippen molar-refractivity contribution in [2.24, 2.45) is 0 Å². The number of nitrogens with zero attached hydrogens (tertiary/aromatic N) is 1. The number of carbonyl (C=O) groups is 2. The topological polar surface area (TPSA) is 121 Å². The fourth-order valence-electron chi connectivity index (χ4n) is 4.33. The minimum atomic E-state index is -1.17. The van der Waals surface area contributed by atoms with E-state index in [-0.39, 0.29) is 12.3 Å². The second-order valence-corrected chi connectivity index (χ2v) is 11.0. The zero-order valence-electron chi connectivity index (χ0n) is 21.3. The maximum atomic E-state index is 12.9. The lowest BCUT2D eigenvalue weighted by molar-refractivity contribution is 0.0367. The number of ether oxygens (including phenoxy) is 1. The highest BCUT2D eigenvalue weighted by molar-refractivity contribution is 7.09. The molecule has 0 aliphatic carbocycles. The second-order valence-electron chi connectivity index (χ2n) is 10.0. The van der Waals surface area contributed by atoms with Crippen molar-refractivity contribution >= 4 is 23.5 Å². The van der Waals surface area contributed by atoms with Gasteiger partial charge < -0.3 is 25.6 Å². The highest BCUT2D eigenvalue weighted by Crippen LogP contribution is 2.29. The molecule has 3 aromatic rings. The molecule has 198 valence electrons. The molecule has 1 heterocycles. The van der Waals surface area contributed by atoms with Gasteiger partial charge in [0.25, 0.3) is 0 Å². The predicted molar refractivity (Wildman–Crippen MR) is 144 cm³/mol. The minimum Gasteiger partial charge on any atom is -0.465 e. The lowest BCUT2D eigenvalue weighted by atomic mass is 9.83. The van der Waals surface area contributed by atoms with E-state index >= 15 is 0 Å². The van der Waals surface area contributed by atoms with Gasteiger partial charge in [-0.15, -0.1) is 11.3 Å². The van der Waals surface area contributed by atoms with Crippen molar-refractivity contribution < 1.29 is 24.5 Å². The van der Waals surface area contributed by atoms with Gasteiger partial charge in [0.1, 0.15) is 5.60 Å². The average Bonchev–Trinajstić information content (AvgIpc) is 3.34. The summed E-state index contributed by atoms with van der Waals surface area (Å²) in [5, 5.41) is 26.5. The van der Waals surface area contributed by atoms with Gasteiger partial charge in [-0.25, -0.2) is 9.59 Å². The van der Waals surface area contributed by atoms with Crippen LogP contribution < -0.4 is 10.6 Å². The van der Waals surface area contributed by atoms with Crippen LogP contribution >= 0.6 is 11.3 Å². The molecule has 4 N–H and O–H groups in total. The molecular formula is C28H35N3O5S. The average molecular weight is 526 g/mol. The van der Waals surface area contributed by atoms with Crippen LogP contribution in [0.1, 0.15) is 49.1 Å². The quantitative estimate of drug-likeness (QED) is 0.280. The molecule has 0 fully saturated rings. The summed E-state index contributed by atoms with van der Waals surface area (Å²) >= 11 is 1.50. The Bertz CT molecular complexity index is 1100. The molecule has 0 radical (unpaired) electrons. The number of benzene rings is 2. The van der Waals surface area contributed by atoms with Crippen LogP contribution in [0.4, 0.5) is 9.59 Å². The number of carbonyl (C=O) groups excluding carboxylic acids is 1. The van der Waals surface area contributed by atoms with E-state index in [1.807, 2.05) is 60.7 Å². The lowest BCUT2D eigenvalue weighted by Gasteiger charge is -2.34. The monoisotopic (exact) mass is 525 g/mol. The Labute approximate surface area is 221 Å². The molecule has 0 unspecified atom stereocenters. The van der Waals surface area contributed by atoms with Crippen LogP contribution in [0.3, 0.4) is 0 Å². The molecule has 2 aromatic carbocycles. The first kappa shape index (κ1) is 28.1. The number of aliphatic hydroxyl groups is 1. The Morgan fingerprint density at radius 1 is 1.00 bits per heavy atom. The summed E-state index contributed by atoms with van der Waals surface area (Å²) in [5.74, 6) is -0.314. The number of thiazole rings is 1. The second kappa shape index (κ2) is 13.2. The van der Waals surface area contributed by atoms with E-state index in [2.05, 4.69) is 15.6 Å². The van der Waals surface area contributed by atoms with E-state index in [0.717, 1.165) is 16.0 Å². The number of rotatable bonds is 11. The van der Waals surface area contributed by atoms with Crippen LogP contribution in [-0.2, 0) is 17.6 Å². The van der Waals surface area contributed by atoms with Crippen LogP contribution in [0.15, 0.2) is 72.4 Å².